The van der Waals surface area contributed by atoms with Crippen LogP contribution < -0.4 is 10.6 Å². The van der Waals surface area contributed by atoms with E-state index in [1.807, 2.05) is 26.0 Å². The molecule has 0 bridgehead atoms. The highest BCUT2D eigenvalue weighted by Crippen LogP contribution is 2.22. The Labute approximate surface area is 138 Å². The number of hydrogen-bond donors (Lipinski definition) is 2. The standard InChI is InChI=1S/C19H25N3O/c1-5-15(6-2)19(23)22-18-10-8-16(12-20-18)21-17-9-7-13(3)11-14(17)4/h7-12,15,21H,5-6H2,1-4H3,(H,20,22,23). The van der Waals surface area contributed by atoms with Crippen LogP contribution >= 0.6 is 0 Å². The minimum Gasteiger partial charge on any atom is -0.354 e. The lowest BCUT2D eigenvalue weighted by Gasteiger charge is -2.13. The summed E-state index contributed by atoms with van der Waals surface area (Å²) in [7, 11) is 0. The summed E-state index contributed by atoms with van der Waals surface area (Å²) < 4.78 is 0. The maximum absolute atomic E-state index is 12.1. The third kappa shape index (κ3) is 4.55. The molecule has 0 aliphatic carbocycles. The Hall–Kier alpha value is -2.36. The van der Waals surface area contributed by atoms with E-state index in [1.165, 1.54) is 11.1 Å². The van der Waals surface area contributed by atoms with Gasteiger partial charge in [-0.2, -0.15) is 0 Å². The van der Waals surface area contributed by atoms with E-state index in [9.17, 15) is 4.79 Å². The zero-order valence-corrected chi connectivity index (χ0v) is 14.3. The van der Waals surface area contributed by atoms with Crippen molar-refractivity contribution in [2.75, 3.05) is 10.6 Å². The molecule has 23 heavy (non-hydrogen) atoms. The van der Waals surface area contributed by atoms with Gasteiger partial charge in [-0.1, -0.05) is 31.5 Å². The van der Waals surface area contributed by atoms with E-state index in [2.05, 4.69) is 47.7 Å². The van der Waals surface area contributed by atoms with Crippen molar-refractivity contribution in [1.29, 1.82) is 0 Å². The van der Waals surface area contributed by atoms with Crippen LogP contribution in [0.15, 0.2) is 36.5 Å². The van der Waals surface area contributed by atoms with Gasteiger partial charge in [0.1, 0.15) is 5.82 Å². The largest absolute Gasteiger partial charge is 0.354 e. The lowest BCUT2D eigenvalue weighted by Crippen LogP contribution is -2.22. The molecule has 0 spiro atoms. The quantitative estimate of drug-likeness (QED) is 0.804. The van der Waals surface area contributed by atoms with Crippen molar-refractivity contribution in [1.82, 2.24) is 4.98 Å². The van der Waals surface area contributed by atoms with E-state index in [1.54, 1.807) is 6.20 Å². The van der Waals surface area contributed by atoms with Crippen LogP contribution in [0.4, 0.5) is 17.2 Å². The van der Waals surface area contributed by atoms with Gasteiger partial charge in [0.25, 0.3) is 0 Å². The van der Waals surface area contributed by atoms with Crippen LogP contribution in [0, 0.1) is 19.8 Å². The number of aryl methyl sites for hydroxylation is 2. The molecule has 0 atom stereocenters. The number of rotatable bonds is 6. The van der Waals surface area contributed by atoms with E-state index < -0.39 is 0 Å². The zero-order chi connectivity index (χ0) is 16.8. The van der Waals surface area contributed by atoms with Gasteiger partial charge in [0.05, 0.1) is 11.9 Å². The Morgan fingerprint density at radius 2 is 1.87 bits per heavy atom. The Kier molecular flexibility index (Phi) is 5.74. The topological polar surface area (TPSA) is 54.0 Å². The SMILES string of the molecule is CCC(CC)C(=O)Nc1ccc(Nc2ccc(C)cc2C)cn1. The highest BCUT2D eigenvalue weighted by atomic mass is 16.1. The molecule has 1 amide bonds. The molecule has 2 N–H and O–H groups in total. The van der Waals surface area contributed by atoms with Crippen LogP contribution in [0.5, 0.6) is 0 Å². The van der Waals surface area contributed by atoms with E-state index >= 15 is 0 Å². The molecule has 2 aromatic rings. The molecule has 0 saturated heterocycles. The predicted molar refractivity (Wildman–Crippen MR) is 96.1 cm³/mol. The Balaban J connectivity index is 2.03. The van der Waals surface area contributed by atoms with Gasteiger partial charge in [-0.25, -0.2) is 4.98 Å². The number of anilines is 3. The Morgan fingerprint density at radius 3 is 2.43 bits per heavy atom. The number of amides is 1. The molecule has 0 unspecified atom stereocenters. The number of carbonyl (C=O) groups is 1. The smallest absolute Gasteiger partial charge is 0.228 e. The number of benzene rings is 1. The summed E-state index contributed by atoms with van der Waals surface area (Å²) in [5.74, 6) is 0.676. The third-order valence-corrected chi connectivity index (χ3v) is 4.03. The summed E-state index contributed by atoms with van der Waals surface area (Å²) in [6.07, 6.45) is 3.42. The minimum absolute atomic E-state index is 0.0394. The molecule has 4 heteroatoms. The van der Waals surface area contributed by atoms with Crippen LogP contribution in [-0.4, -0.2) is 10.9 Å². The van der Waals surface area contributed by atoms with Gasteiger partial charge in [-0.05, 0) is 50.5 Å². The van der Waals surface area contributed by atoms with Crippen molar-refractivity contribution in [3.05, 3.63) is 47.7 Å². The lowest BCUT2D eigenvalue weighted by molar-refractivity contribution is -0.120. The monoisotopic (exact) mass is 311 g/mol. The number of nitrogens with zero attached hydrogens (tertiary/aromatic N) is 1. The van der Waals surface area contributed by atoms with Crippen molar-refractivity contribution in [3.8, 4) is 0 Å². The number of carbonyl (C=O) groups excluding carboxylic acids is 1. The normalized spacial score (nSPS) is 10.7. The van der Waals surface area contributed by atoms with Gasteiger partial charge in [-0.3, -0.25) is 4.79 Å². The van der Waals surface area contributed by atoms with Crippen molar-refractivity contribution < 1.29 is 4.79 Å². The van der Waals surface area contributed by atoms with E-state index in [4.69, 9.17) is 0 Å². The number of hydrogen-bond acceptors (Lipinski definition) is 3. The second-order valence-electron chi connectivity index (χ2n) is 5.88. The molecule has 1 heterocycles. The molecule has 4 nitrogen and oxygen atoms in total. The minimum atomic E-state index is 0.0394. The highest BCUT2D eigenvalue weighted by molar-refractivity contribution is 5.91. The van der Waals surface area contributed by atoms with Crippen LogP contribution in [0.3, 0.4) is 0 Å². The summed E-state index contributed by atoms with van der Waals surface area (Å²) in [5.41, 5.74) is 4.39. The molecule has 1 aromatic heterocycles. The molecule has 0 aliphatic rings. The van der Waals surface area contributed by atoms with Crippen molar-refractivity contribution in [2.24, 2.45) is 5.92 Å². The van der Waals surface area contributed by atoms with Crippen LogP contribution in [0.2, 0.25) is 0 Å². The van der Waals surface area contributed by atoms with Crippen LogP contribution in [0.1, 0.15) is 37.8 Å². The molecule has 0 aliphatic heterocycles. The van der Waals surface area contributed by atoms with Gasteiger partial charge in [-0.15, -0.1) is 0 Å². The van der Waals surface area contributed by atoms with Gasteiger partial charge >= 0.3 is 0 Å². The fourth-order valence-electron chi connectivity index (χ4n) is 2.54. The first-order chi connectivity index (χ1) is 11.0. The Morgan fingerprint density at radius 1 is 1.13 bits per heavy atom. The second-order valence-corrected chi connectivity index (χ2v) is 5.88. The van der Waals surface area contributed by atoms with E-state index in [0.717, 1.165) is 24.2 Å². The maximum atomic E-state index is 12.1. The number of aromatic nitrogens is 1. The predicted octanol–water partition coefficient (Wildman–Crippen LogP) is 4.82. The lowest BCUT2D eigenvalue weighted by atomic mass is 10.0. The first kappa shape index (κ1) is 17.0. The molecule has 122 valence electrons. The molecular formula is C19H25N3O. The average Bonchev–Trinajstić information content (AvgIpc) is 2.53. The second kappa shape index (κ2) is 7.77. The third-order valence-electron chi connectivity index (χ3n) is 4.03. The van der Waals surface area contributed by atoms with E-state index in [0.29, 0.717) is 5.82 Å². The number of nitrogens with one attached hydrogen (secondary N) is 2. The summed E-state index contributed by atoms with van der Waals surface area (Å²) in [4.78, 5) is 16.4. The Bertz CT molecular complexity index is 661. The first-order valence-electron chi connectivity index (χ1n) is 8.14. The maximum Gasteiger partial charge on any atom is 0.228 e. The van der Waals surface area contributed by atoms with Gasteiger partial charge in [0.2, 0.25) is 5.91 Å². The average molecular weight is 311 g/mol. The van der Waals surface area contributed by atoms with Gasteiger partial charge < -0.3 is 10.6 Å². The van der Waals surface area contributed by atoms with Gasteiger partial charge in [0.15, 0.2) is 0 Å². The van der Waals surface area contributed by atoms with Crippen LogP contribution in [-0.2, 0) is 4.79 Å². The van der Waals surface area contributed by atoms with Gasteiger partial charge in [0, 0.05) is 11.6 Å². The van der Waals surface area contributed by atoms with Crippen molar-refractivity contribution in [2.45, 2.75) is 40.5 Å². The molecule has 1 aromatic carbocycles. The van der Waals surface area contributed by atoms with Crippen LogP contribution in [0.25, 0.3) is 0 Å². The molecule has 0 fully saturated rings. The summed E-state index contributed by atoms with van der Waals surface area (Å²) in [5, 5.41) is 6.23. The highest BCUT2D eigenvalue weighted by Gasteiger charge is 2.14. The molecule has 0 saturated carbocycles. The number of pyridine rings is 1. The fraction of sp³-hybridized carbons (Fsp3) is 0.368. The van der Waals surface area contributed by atoms with E-state index in [-0.39, 0.29) is 11.8 Å². The molecule has 0 radical (unpaired) electrons. The summed E-state index contributed by atoms with van der Waals surface area (Å²) in [6, 6.07) is 10.0. The molecule has 2 rings (SSSR count). The zero-order valence-electron chi connectivity index (χ0n) is 14.3. The van der Waals surface area contributed by atoms with Crippen molar-refractivity contribution >= 4 is 23.1 Å². The van der Waals surface area contributed by atoms with Crippen molar-refractivity contribution in [3.63, 3.8) is 0 Å². The summed E-state index contributed by atoms with van der Waals surface area (Å²) in [6.45, 7) is 8.21. The summed E-state index contributed by atoms with van der Waals surface area (Å²) >= 11 is 0. The fourth-order valence-corrected chi connectivity index (χ4v) is 2.54. The first-order valence-corrected chi connectivity index (χ1v) is 8.14. The molecular weight excluding hydrogens is 286 g/mol.